The van der Waals surface area contributed by atoms with E-state index in [2.05, 4.69) is 31.0 Å². The molecule has 0 radical (unpaired) electrons. The molecule has 1 aromatic heterocycles. The Kier molecular flexibility index (Phi) is 4.67. The molecule has 1 atom stereocenters. The highest BCUT2D eigenvalue weighted by Crippen LogP contribution is 2.32. The summed E-state index contributed by atoms with van der Waals surface area (Å²) in [4.78, 5) is 17.9. The lowest BCUT2D eigenvalue weighted by atomic mass is 9.88. The van der Waals surface area contributed by atoms with Gasteiger partial charge in [-0.3, -0.25) is 9.78 Å². The Morgan fingerprint density at radius 1 is 1.17 bits per heavy atom. The summed E-state index contributed by atoms with van der Waals surface area (Å²) < 4.78 is 0. The number of benzene rings is 1. The minimum absolute atomic E-state index is 0.0961. The van der Waals surface area contributed by atoms with Gasteiger partial charge in [0.2, 0.25) is 5.91 Å². The third kappa shape index (κ3) is 3.06. The smallest absolute Gasteiger partial charge is 0.227 e. The molecule has 1 aromatic carbocycles. The fourth-order valence-corrected chi connectivity index (χ4v) is 3.36. The number of aryl methyl sites for hydroxylation is 1. The van der Waals surface area contributed by atoms with E-state index in [-0.39, 0.29) is 18.4 Å². The third-order valence-corrected chi connectivity index (χ3v) is 4.95. The molecule has 1 unspecified atom stereocenters. The number of hydrogen-bond acceptors (Lipinski definition) is 3. The maximum Gasteiger partial charge on any atom is 0.227 e. The van der Waals surface area contributed by atoms with Crippen LogP contribution < -0.4 is 4.90 Å². The standard InChI is InChI=1S/C20H24N2O2/c1-13(2)18(12-23)17-9-16(10-21-11-17)14-4-6-19-15(8-14)5-7-20(24)22(19)3/h4,6,8-11,13,18,23H,5,7,12H2,1-3H3. The summed E-state index contributed by atoms with van der Waals surface area (Å²) >= 11 is 0. The van der Waals surface area contributed by atoms with Crippen molar-refractivity contribution in [2.75, 3.05) is 18.6 Å². The fourth-order valence-electron chi connectivity index (χ4n) is 3.36. The Morgan fingerprint density at radius 2 is 1.96 bits per heavy atom. The van der Waals surface area contributed by atoms with Gasteiger partial charge in [-0.05, 0) is 47.2 Å². The molecule has 0 spiro atoms. The predicted octanol–water partition coefficient (Wildman–Crippen LogP) is 3.39. The van der Waals surface area contributed by atoms with E-state index in [9.17, 15) is 9.90 Å². The van der Waals surface area contributed by atoms with E-state index in [0.717, 1.165) is 28.8 Å². The van der Waals surface area contributed by atoms with Crippen molar-refractivity contribution in [2.24, 2.45) is 5.92 Å². The zero-order valence-electron chi connectivity index (χ0n) is 14.5. The first-order valence-corrected chi connectivity index (χ1v) is 8.47. The molecular weight excluding hydrogens is 300 g/mol. The average Bonchev–Trinajstić information content (AvgIpc) is 2.58. The van der Waals surface area contributed by atoms with Crippen LogP contribution in [0.4, 0.5) is 5.69 Å². The summed E-state index contributed by atoms with van der Waals surface area (Å²) in [5, 5.41) is 9.66. The van der Waals surface area contributed by atoms with E-state index >= 15 is 0 Å². The van der Waals surface area contributed by atoms with Crippen molar-refractivity contribution in [3.05, 3.63) is 47.8 Å². The van der Waals surface area contributed by atoms with Crippen LogP contribution in [0.2, 0.25) is 0 Å². The summed E-state index contributed by atoms with van der Waals surface area (Å²) in [5.41, 5.74) is 5.41. The second kappa shape index (κ2) is 6.73. The molecule has 0 saturated heterocycles. The van der Waals surface area contributed by atoms with Gasteiger partial charge in [0.1, 0.15) is 0 Å². The third-order valence-electron chi connectivity index (χ3n) is 4.95. The van der Waals surface area contributed by atoms with E-state index in [1.807, 2.05) is 31.6 Å². The number of aliphatic hydroxyl groups excluding tert-OH is 1. The van der Waals surface area contributed by atoms with Gasteiger partial charge in [-0.15, -0.1) is 0 Å². The summed E-state index contributed by atoms with van der Waals surface area (Å²) in [6.45, 7) is 4.35. The first-order valence-electron chi connectivity index (χ1n) is 8.47. The maximum absolute atomic E-state index is 11.8. The van der Waals surface area contributed by atoms with E-state index in [1.165, 1.54) is 5.56 Å². The second-order valence-electron chi connectivity index (χ2n) is 6.84. The number of aliphatic hydroxyl groups is 1. The van der Waals surface area contributed by atoms with E-state index in [0.29, 0.717) is 12.3 Å². The molecule has 24 heavy (non-hydrogen) atoms. The van der Waals surface area contributed by atoms with Crippen LogP contribution in [0, 0.1) is 5.92 Å². The molecule has 1 aliphatic heterocycles. The van der Waals surface area contributed by atoms with Crippen LogP contribution in [0.15, 0.2) is 36.7 Å². The Morgan fingerprint density at radius 3 is 2.67 bits per heavy atom. The molecule has 0 bridgehead atoms. The van der Waals surface area contributed by atoms with Crippen LogP contribution in [0.5, 0.6) is 0 Å². The SMILES string of the molecule is CC(C)C(CO)c1cncc(-c2ccc3c(c2)CCC(=O)N3C)c1. The van der Waals surface area contributed by atoms with Gasteiger partial charge >= 0.3 is 0 Å². The quantitative estimate of drug-likeness (QED) is 0.938. The van der Waals surface area contributed by atoms with Gasteiger partial charge in [-0.25, -0.2) is 0 Å². The molecule has 4 nitrogen and oxygen atoms in total. The molecule has 1 aliphatic rings. The van der Waals surface area contributed by atoms with Gasteiger partial charge in [0.15, 0.2) is 0 Å². The number of carbonyl (C=O) groups is 1. The van der Waals surface area contributed by atoms with Crippen LogP contribution in [-0.2, 0) is 11.2 Å². The Bertz CT molecular complexity index is 755. The summed E-state index contributed by atoms with van der Waals surface area (Å²) in [7, 11) is 1.83. The largest absolute Gasteiger partial charge is 0.396 e. The normalized spacial score (nSPS) is 15.5. The molecule has 2 heterocycles. The average molecular weight is 324 g/mol. The zero-order valence-corrected chi connectivity index (χ0v) is 14.5. The monoisotopic (exact) mass is 324 g/mol. The minimum atomic E-state index is 0.0961. The van der Waals surface area contributed by atoms with Gasteiger partial charge in [-0.2, -0.15) is 0 Å². The van der Waals surface area contributed by atoms with Crippen molar-refractivity contribution in [1.29, 1.82) is 0 Å². The molecule has 3 rings (SSSR count). The summed E-state index contributed by atoms with van der Waals surface area (Å²) in [6, 6.07) is 8.33. The molecule has 1 amide bonds. The number of hydrogen-bond donors (Lipinski definition) is 1. The first-order chi connectivity index (χ1) is 11.5. The topological polar surface area (TPSA) is 53.4 Å². The minimum Gasteiger partial charge on any atom is -0.396 e. The summed E-state index contributed by atoms with van der Waals surface area (Å²) in [6.07, 6.45) is 5.04. The number of pyridine rings is 1. The van der Waals surface area contributed by atoms with E-state index < -0.39 is 0 Å². The van der Waals surface area contributed by atoms with Crippen molar-refractivity contribution in [3.8, 4) is 11.1 Å². The number of anilines is 1. The molecular formula is C20H24N2O2. The molecule has 1 N–H and O–H groups in total. The number of carbonyl (C=O) groups excluding carboxylic acids is 1. The van der Waals surface area contributed by atoms with E-state index in [4.69, 9.17) is 0 Å². The molecule has 0 saturated carbocycles. The number of fused-ring (bicyclic) bond motifs is 1. The Balaban J connectivity index is 1.97. The van der Waals surface area contributed by atoms with Gasteiger partial charge in [0, 0.05) is 43.0 Å². The van der Waals surface area contributed by atoms with Crippen LogP contribution in [0.25, 0.3) is 11.1 Å². The van der Waals surface area contributed by atoms with Crippen molar-refractivity contribution in [3.63, 3.8) is 0 Å². The molecule has 0 aliphatic carbocycles. The highest BCUT2D eigenvalue weighted by atomic mass is 16.3. The van der Waals surface area contributed by atoms with Crippen molar-refractivity contribution < 1.29 is 9.90 Å². The number of rotatable bonds is 4. The van der Waals surface area contributed by atoms with Crippen LogP contribution in [0.1, 0.15) is 37.3 Å². The molecule has 2 aromatic rings. The van der Waals surface area contributed by atoms with Crippen molar-refractivity contribution in [2.45, 2.75) is 32.6 Å². The van der Waals surface area contributed by atoms with Gasteiger partial charge in [0.05, 0.1) is 6.61 Å². The van der Waals surface area contributed by atoms with Gasteiger partial charge in [0.25, 0.3) is 0 Å². The van der Waals surface area contributed by atoms with Gasteiger partial charge in [-0.1, -0.05) is 19.9 Å². The number of amides is 1. The van der Waals surface area contributed by atoms with Crippen molar-refractivity contribution in [1.82, 2.24) is 4.98 Å². The number of nitrogens with zero attached hydrogens (tertiary/aromatic N) is 2. The van der Waals surface area contributed by atoms with E-state index in [1.54, 1.807) is 4.90 Å². The Hall–Kier alpha value is -2.20. The van der Waals surface area contributed by atoms with Crippen molar-refractivity contribution >= 4 is 11.6 Å². The fraction of sp³-hybridized carbons (Fsp3) is 0.400. The lowest BCUT2D eigenvalue weighted by molar-refractivity contribution is -0.118. The lowest BCUT2D eigenvalue weighted by Crippen LogP contribution is -2.30. The molecule has 0 fully saturated rings. The van der Waals surface area contributed by atoms with Crippen LogP contribution >= 0.6 is 0 Å². The van der Waals surface area contributed by atoms with Gasteiger partial charge < -0.3 is 10.0 Å². The Labute approximate surface area is 143 Å². The first kappa shape index (κ1) is 16.7. The predicted molar refractivity (Wildman–Crippen MR) is 96.1 cm³/mol. The highest BCUT2D eigenvalue weighted by molar-refractivity contribution is 5.96. The second-order valence-corrected chi connectivity index (χ2v) is 6.84. The number of aromatic nitrogens is 1. The molecule has 126 valence electrons. The lowest BCUT2D eigenvalue weighted by Gasteiger charge is -2.26. The molecule has 4 heteroatoms. The highest BCUT2D eigenvalue weighted by Gasteiger charge is 2.21. The van der Waals surface area contributed by atoms with Crippen LogP contribution in [0.3, 0.4) is 0 Å². The maximum atomic E-state index is 11.8. The summed E-state index contributed by atoms with van der Waals surface area (Å²) in [5.74, 6) is 0.621. The van der Waals surface area contributed by atoms with Crippen LogP contribution in [-0.4, -0.2) is 29.7 Å². The zero-order chi connectivity index (χ0) is 17.3.